The van der Waals surface area contributed by atoms with Gasteiger partial charge in [-0.25, -0.2) is 15.0 Å². The number of fused-ring (bicyclic) bond motifs is 1. The first kappa shape index (κ1) is 13.3. The summed E-state index contributed by atoms with van der Waals surface area (Å²) in [5.74, 6) is 0.793. The van der Waals surface area contributed by atoms with Gasteiger partial charge in [-0.05, 0) is 18.2 Å². The summed E-state index contributed by atoms with van der Waals surface area (Å²) in [5.41, 5.74) is 9.20. The number of aromatic nitrogens is 4. The molecule has 112 valence electrons. The zero-order valence-electron chi connectivity index (χ0n) is 12.0. The van der Waals surface area contributed by atoms with Gasteiger partial charge >= 0.3 is 0 Å². The number of carbonyl (C=O) groups excluding carboxylic acids is 1. The molecule has 0 saturated heterocycles. The Morgan fingerprint density at radius 3 is 2.87 bits per heavy atom. The van der Waals surface area contributed by atoms with Crippen LogP contribution in [0.3, 0.4) is 0 Å². The standard InChI is InChI=1S/C16H12N6O/c17-15-14(16-21-10-3-1-2-4-11(10)22-16)20-13(8-19-15)12-7-9(23)5-6-18-12/h1-6,8H,7H2,(H2,17,19)(H,21,22). The van der Waals surface area contributed by atoms with Crippen molar-refractivity contribution < 1.29 is 4.79 Å². The molecule has 0 aliphatic carbocycles. The van der Waals surface area contributed by atoms with E-state index in [-0.39, 0.29) is 18.0 Å². The van der Waals surface area contributed by atoms with Crippen LogP contribution in [0.1, 0.15) is 12.1 Å². The Kier molecular flexibility index (Phi) is 2.97. The first-order chi connectivity index (χ1) is 11.2. The van der Waals surface area contributed by atoms with Gasteiger partial charge in [0.15, 0.2) is 17.4 Å². The number of H-pyrrole nitrogens is 1. The number of nitrogens with one attached hydrogen (secondary N) is 1. The summed E-state index contributed by atoms with van der Waals surface area (Å²) in [6, 6.07) is 7.66. The highest BCUT2D eigenvalue weighted by molar-refractivity contribution is 6.14. The molecule has 0 amide bonds. The summed E-state index contributed by atoms with van der Waals surface area (Å²) in [5, 5.41) is 0. The van der Waals surface area contributed by atoms with E-state index in [1.165, 1.54) is 18.5 Å². The van der Waals surface area contributed by atoms with E-state index < -0.39 is 0 Å². The minimum atomic E-state index is -0.0149. The molecular formula is C16H12N6O. The lowest BCUT2D eigenvalue weighted by atomic mass is 10.1. The molecule has 3 heterocycles. The number of rotatable bonds is 2. The highest BCUT2D eigenvalue weighted by Crippen LogP contribution is 2.23. The maximum Gasteiger partial charge on any atom is 0.163 e. The molecule has 0 spiro atoms. The molecule has 0 atom stereocenters. The number of allylic oxidation sites excluding steroid dienone is 1. The summed E-state index contributed by atoms with van der Waals surface area (Å²) < 4.78 is 0. The van der Waals surface area contributed by atoms with Gasteiger partial charge < -0.3 is 10.7 Å². The number of imidazole rings is 1. The van der Waals surface area contributed by atoms with Crippen LogP contribution in [0, 0.1) is 0 Å². The second-order valence-electron chi connectivity index (χ2n) is 5.13. The quantitative estimate of drug-likeness (QED) is 0.751. The minimum Gasteiger partial charge on any atom is -0.382 e. The number of hydrogen-bond acceptors (Lipinski definition) is 6. The highest BCUT2D eigenvalue weighted by atomic mass is 16.1. The number of nitrogens with two attached hydrogens (primary N) is 1. The molecule has 0 fully saturated rings. The lowest BCUT2D eigenvalue weighted by molar-refractivity contribution is -0.113. The molecule has 7 heteroatoms. The third kappa shape index (κ3) is 2.38. The molecule has 23 heavy (non-hydrogen) atoms. The number of hydrogen-bond donors (Lipinski definition) is 2. The largest absolute Gasteiger partial charge is 0.382 e. The van der Waals surface area contributed by atoms with E-state index in [1.54, 1.807) is 0 Å². The topological polar surface area (TPSA) is 110 Å². The Morgan fingerprint density at radius 1 is 1.17 bits per heavy atom. The van der Waals surface area contributed by atoms with Crippen molar-refractivity contribution in [1.82, 2.24) is 19.9 Å². The van der Waals surface area contributed by atoms with E-state index in [0.29, 0.717) is 22.9 Å². The van der Waals surface area contributed by atoms with Gasteiger partial charge in [0.25, 0.3) is 0 Å². The molecule has 7 nitrogen and oxygen atoms in total. The number of anilines is 1. The number of aromatic amines is 1. The smallest absolute Gasteiger partial charge is 0.163 e. The molecule has 3 aromatic rings. The fraction of sp³-hybridized carbons (Fsp3) is 0.0625. The Morgan fingerprint density at radius 2 is 2.04 bits per heavy atom. The SMILES string of the molecule is Nc1ncc(C2=NC=CC(=O)C2)nc1-c1nc2ccccc2[nH]1. The van der Waals surface area contributed by atoms with Crippen LogP contribution in [0.5, 0.6) is 0 Å². The van der Waals surface area contributed by atoms with Crippen LogP contribution in [-0.2, 0) is 4.79 Å². The van der Waals surface area contributed by atoms with E-state index in [9.17, 15) is 4.79 Å². The minimum absolute atomic E-state index is 0.0149. The van der Waals surface area contributed by atoms with Crippen molar-refractivity contribution in [2.75, 3.05) is 5.73 Å². The molecule has 1 aliphatic heterocycles. The number of nitrogen functional groups attached to an aromatic ring is 1. The van der Waals surface area contributed by atoms with Gasteiger partial charge in [-0.2, -0.15) is 0 Å². The summed E-state index contributed by atoms with van der Waals surface area (Å²) in [4.78, 5) is 32.1. The van der Waals surface area contributed by atoms with Crippen LogP contribution in [-0.4, -0.2) is 31.4 Å². The molecule has 4 rings (SSSR count). The third-order valence-electron chi connectivity index (χ3n) is 3.54. The van der Waals surface area contributed by atoms with Crippen molar-refractivity contribution in [3.05, 3.63) is 48.4 Å². The van der Waals surface area contributed by atoms with Crippen LogP contribution in [0.4, 0.5) is 5.82 Å². The number of aliphatic imine (C=N–C) groups is 1. The maximum atomic E-state index is 11.5. The average molecular weight is 304 g/mol. The van der Waals surface area contributed by atoms with E-state index in [0.717, 1.165) is 11.0 Å². The van der Waals surface area contributed by atoms with Gasteiger partial charge in [0.05, 0.1) is 29.4 Å². The number of carbonyl (C=O) groups is 1. The fourth-order valence-electron chi connectivity index (χ4n) is 2.41. The zero-order chi connectivity index (χ0) is 15.8. The van der Waals surface area contributed by atoms with E-state index in [2.05, 4.69) is 24.9 Å². The monoisotopic (exact) mass is 304 g/mol. The van der Waals surface area contributed by atoms with Gasteiger partial charge in [-0.15, -0.1) is 0 Å². The van der Waals surface area contributed by atoms with Gasteiger partial charge in [-0.1, -0.05) is 12.1 Å². The van der Waals surface area contributed by atoms with E-state index in [4.69, 9.17) is 5.73 Å². The van der Waals surface area contributed by atoms with Crippen molar-refractivity contribution >= 4 is 28.3 Å². The van der Waals surface area contributed by atoms with Crippen LogP contribution in [0.2, 0.25) is 0 Å². The number of ketones is 1. The Hall–Kier alpha value is -3.35. The van der Waals surface area contributed by atoms with Crippen LogP contribution in [0.15, 0.2) is 47.7 Å². The second-order valence-corrected chi connectivity index (χ2v) is 5.13. The molecule has 0 unspecified atom stereocenters. The highest BCUT2D eigenvalue weighted by Gasteiger charge is 2.17. The van der Waals surface area contributed by atoms with Crippen LogP contribution in [0.25, 0.3) is 22.6 Å². The molecule has 0 bridgehead atoms. The van der Waals surface area contributed by atoms with Gasteiger partial charge in [0.1, 0.15) is 11.4 Å². The summed E-state index contributed by atoms with van der Waals surface area (Å²) in [6.07, 6.45) is 4.63. The number of nitrogens with zero attached hydrogens (tertiary/aromatic N) is 4. The third-order valence-corrected chi connectivity index (χ3v) is 3.54. The predicted octanol–water partition coefficient (Wildman–Crippen LogP) is 1.88. The Labute approximate surface area is 131 Å². The van der Waals surface area contributed by atoms with Gasteiger partial charge in [0.2, 0.25) is 0 Å². The van der Waals surface area contributed by atoms with Crippen molar-refractivity contribution in [3.8, 4) is 11.5 Å². The van der Waals surface area contributed by atoms with Crippen LogP contribution < -0.4 is 5.73 Å². The molecule has 0 radical (unpaired) electrons. The molecule has 1 aromatic carbocycles. The molecule has 0 saturated carbocycles. The molecular weight excluding hydrogens is 292 g/mol. The van der Waals surface area contributed by atoms with Crippen LogP contribution >= 0.6 is 0 Å². The van der Waals surface area contributed by atoms with Gasteiger partial charge in [0, 0.05) is 6.20 Å². The summed E-state index contributed by atoms with van der Waals surface area (Å²) >= 11 is 0. The molecule has 1 aliphatic rings. The van der Waals surface area contributed by atoms with Crippen molar-refractivity contribution in [2.45, 2.75) is 6.42 Å². The normalized spacial score (nSPS) is 14.3. The van der Waals surface area contributed by atoms with Crippen molar-refractivity contribution in [1.29, 1.82) is 0 Å². The first-order valence-corrected chi connectivity index (χ1v) is 7.05. The molecule has 3 N–H and O–H groups in total. The predicted molar refractivity (Wildman–Crippen MR) is 86.8 cm³/mol. The summed E-state index contributed by atoms with van der Waals surface area (Å²) in [7, 11) is 0. The Balaban J connectivity index is 1.82. The second kappa shape index (κ2) is 5.13. The van der Waals surface area contributed by atoms with Gasteiger partial charge in [-0.3, -0.25) is 9.79 Å². The Bertz CT molecular complexity index is 952. The van der Waals surface area contributed by atoms with E-state index >= 15 is 0 Å². The number of para-hydroxylation sites is 2. The lowest BCUT2D eigenvalue weighted by Crippen LogP contribution is -2.13. The average Bonchev–Trinajstić information content (AvgIpc) is 2.99. The fourth-order valence-corrected chi connectivity index (χ4v) is 2.41. The number of benzene rings is 1. The summed E-state index contributed by atoms with van der Waals surface area (Å²) in [6.45, 7) is 0. The van der Waals surface area contributed by atoms with Crippen molar-refractivity contribution in [2.24, 2.45) is 4.99 Å². The maximum absolute atomic E-state index is 11.5. The van der Waals surface area contributed by atoms with Crippen molar-refractivity contribution in [3.63, 3.8) is 0 Å². The zero-order valence-corrected chi connectivity index (χ0v) is 12.0. The first-order valence-electron chi connectivity index (χ1n) is 7.05. The molecule has 2 aromatic heterocycles. The van der Waals surface area contributed by atoms with E-state index in [1.807, 2.05) is 24.3 Å². The lowest BCUT2D eigenvalue weighted by Gasteiger charge is -2.08.